The Hall–Kier alpha value is -1.45. The minimum absolute atomic E-state index is 0.214. The molecule has 0 N–H and O–H groups in total. The summed E-state index contributed by atoms with van der Waals surface area (Å²) in [7, 11) is 0. The Morgan fingerprint density at radius 1 is 0.864 bits per heavy atom. The normalized spacial score (nSPS) is 13.3. The second-order valence-electron chi connectivity index (χ2n) is 5.73. The zero-order valence-electron chi connectivity index (χ0n) is 14.4. The summed E-state index contributed by atoms with van der Waals surface area (Å²) < 4.78 is 0. The maximum atomic E-state index is 11.2. The Morgan fingerprint density at radius 2 is 1.36 bits per heavy atom. The highest BCUT2D eigenvalue weighted by molar-refractivity contribution is 6.12. The van der Waals surface area contributed by atoms with Crippen molar-refractivity contribution in [2.45, 2.75) is 78.6 Å². The van der Waals surface area contributed by atoms with Crippen LogP contribution in [0.5, 0.6) is 0 Å². The van der Waals surface area contributed by atoms with Crippen molar-refractivity contribution >= 4 is 17.6 Å². The number of amides is 2. The molecule has 0 saturated carbocycles. The number of imide groups is 1. The first-order valence-corrected chi connectivity index (χ1v) is 8.55. The van der Waals surface area contributed by atoms with E-state index in [2.05, 4.69) is 13.8 Å². The molecule has 1 aliphatic heterocycles. The predicted molar refractivity (Wildman–Crippen MR) is 89.4 cm³/mol. The van der Waals surface area contributed by atoms with Gasteiger partial charge < -0.3 is 4.79 Å². The number of nitrogens with zero attached hydrogens (tertiary/aromatic N) is 1. The molecule has 4 nitrogen and oxygen atoms in total. The van der Waals surface area contributed by atoms with Gasteiger partial charge in [-0.05, 0) is 19.8 Å². The van der Waals surface area contributed by atoms with Crippen LogP contribution in [0.1, 0.15) is 78.6 Å². The third kappa shape index (κ3) is 10.3. The van der Waals surface area contributed by atoms with Crippen LogP contribution in [0.25, 0.3) is 0 Å². The molecule has 22 heavy (non-hydrogen) atoms. The second kappa shape index (κ2) is 13.2. The average Bonchev–Trinajstić information content (AvgIpc) is 2.80. The van der Waals surface area contributed by atoms with Crippen LogP contribution in [0.2, 0.25) is 0 Å². The second-order valence-corrected chi connectivity index (χ2v) is 5.73. The molecular weight excluding hydrogens is 278 g/mol. The third-order valence-electron chi connectivity index (χ3n) is 3.52. The number of rotatable bonds is 10. The van der Waals surface area contributed by atoms with Crippen LogP contribution >= 0.6 is 0 Å². The number of ketones is 1. The molecule has 1 rings (SSSR count). The Labute approximate surface area is 134 Å². The van der Waals surface area contributed by atoms with E-state index in [4.69, 9.17) is 0 Å². The van der Waals surface area contributed by atoms with Gasteiger partial charge in [0.15, 0.2) is 0 Å². The van der Waals surface area contributed by atoms with Gasteiger partial charge in [0.1, 0.15) is 5.78 Å². The summed E-state index contributed by atoms with van der Waals surface area (Å²) in [5, 5.41) is 0. The molecule has 0 aromatic rings. The topological polar surface area (TPSA) is 54.5 Å². The number of hydrogen-bond donors (Lipinski definition) is 0. The SMILES string of the molecule is CC(=O)CCCCCCN1C(=O)C=CC1=O.CCCCCC. The lowest BCUT2D eigenvalue weighted by Crippen LogP contribution is -2.30. The molecule has 1 heterocycles. The third-order valence-corrected chi connectivity index (χ3v) is 3.52. The molecule has 0 aliphatic carbocycles. The van der Waals surface area contributed by atoms with Gasteiger partial charge in [0.05, 0.1) is 0 Å². The highest BCUT2D eigenvalue weighted by Crippen LogP contribution is 2.08. The first kappa shape index (κ1) is 20.6. The molecule has 4 heteroatoms. The van der Waals surface area contributed by atoms with E-state index in [1.807, 2.05) is 0 Å². The summed E-state index contributed by atoms with van der Waals surface area (Å²) in [6.07, 6.45) is 12.4. The summed E-state index contributed by atoms with van der Waals surface area (Å²) in [5.41, 5.74) is 0. The van der Waals surface area contributed by atoms with Crippen molar-refractivity contribution in [2.75, 3.05) is 6.54 Å². The lowest BCUT2D eigenvalue weighted by molar-refractivity contribution is -0.136. The van der Waals surface area contributed by atoms with Crippen LogP contribution in [-0.2, 0) is 14.4 Å². The molecule has 0 spiro atoms. The van der Waals surface area contributed by atoms with Crippen LogP contribution < -0.4 is 0 Å². The van der Waals surface area contributed by atoms with Gasteiger partial charge in [0, 0.05) is 25.1 Å². The molecule has 2 amide bonds. The van der Waals surface area contributed by atoms with Crippen LogP contribution in [0.4, 0.5) is 0 Å². The Morgan fingerprint density at radius 3 is 1.82 bits per heavy atom. The van der Waals surface area contributed by atoms with E-state index in [0.717, 1.165) is 25.7 Å². The van der Waals surface area contributed by atoms with Crippen LogP contribution in [-0.4, -0.2) is 29.0 Å². The Balaban J connectivity index is 0.000000626. The molecule has 126 valence electrons. The van der Waals surface area contributed by atoms with Crippen molar-refractivity contribution in [1.29, 1.82) is 0 Å². The monoisotopic (exact) mass is 309 g/mol. The fourth-order valence-electron chi connectivity index (χ4n) is 2.15. The van der Waals surface area contributed by atoms with Gasteiger partial charge in [-0.2, -0.15) is 0 Å². The van der Waals surface area contributed by atoms with E-state index in [1.165, 1.54) is 42.7 Å². The van der Waals surface area contributed by atoms with Crippen molar-refractivity contribution in [1.82, 2.24) is 4.90 Å². The fraction of sp³-hybridized carbons (Fsp3) is 0.722. The fourth-order valence-corrected chi connectivity index (χ4v) is 2.15. The molecule has 1 aliphatic rings. The van der Waals surface area contributed by atoms with Crippen molar-refractivity contribution in [2.24, 2.45) is 0 Å². The van der Waals surface area contributed by atoms with Gasteiger partial charge in [-0.15, -0.1) is 0 Å². The van der Waals surface area contributed by atoms with Gasteiger partial charge in [-0.3, -0.25) is 14.5 Å². The van der Waals surface area contributed by atoms with Crippen LogP contribution in [0.3, 0.4) is 0 Å². The van der Waals surface area contributed by atoms with Gasteiger partial charge >= 0.3 is 0 Å². The molecule has 0 aromatic carbocycles. The minimum atomic E-state index is -0.214. The van der Waals surface area contributed by atoms with Gasteiger partial charge in [-0.1, -0.05) is 52.4 Å². The standard InChI is InChI=1S/C12H17NO3.C6H14/c1-10(14)6-4-2-3-5-9-13-11(15)7-8-12(13)16;1-3-5-6-4-2/h7-8H,2-6,9H2,1H3;3-6H2,1-2H3. The largest absolute Gasteiger partial charge is 0.300 e. The quantitative estimate of drug-likeness (QED) is 0.452. The summed E-state index contributed by atoms with van der Waals surface area (Å²) in [6.45, 7) is 6.54. The number of carbonyl (C=O) groups excluding carboxylic acids is 3. The molecule has 0 saturated heterocycles. The van der Waals surface area contributed by atoms with E-state index in [9.17, 15) is 14.4 Å². The molecule has 0 atom stereocenters. The number of unbranched alkanes of at least 4 members (excludes halogenated alkanes) is 6. The molecule has 0 unspecified atom stereocenters. The van der Waals surface area contributed by atoms with Crippen LogP contribution in [0.15, 0.2) is 12.2 Å². The summed E-state index contributed by atoms with van der Waals surface area (Å²) >= 11 is 0. The first-order valence-electron chi connectivity index (χ1n) is 8.55. The summed E-state index contributed by atoms with van der Waals surface area (Å²) in [5.74, 6) is -0.212. The average molecular weight is 309 g/mol. The van der Waals surface area contributed by atoms with Crippen molar-refractivity contribution < 1.29 is 14.4 Å². The van der Waals surface area contributed by atoms with Crippen molar-refractivity contribution in [3.8, 4) is 0 Å². The Kier molecular flexibility index (Phi) is 12.4. The molecule has 0 fully saturated rings. The molecule has 0 radical (unpaired) electrons. The van der Waals surface area contributed by atoms with Gasteiger partial charge in [0.2, 0.25) is 0 Å². The number of Topliss-reactive ketones (excluding diaryl/α,β-unsaturated/α-hetero) is 1. The first-order chi connectivity index (χ1) is 10.5. The smallest absolute Gasteiger partial charge is 0.253 e. The van der Waals surface area contributed by atoms with Gasteiger partial charge in [0.25, 0.3) is 11.8 Å². The predicted octanol–water partition coefficient (Wildman–Crippen LogP) is 4.04. The highest BCUT2D eigenvalue weighted by Gasteiger charge is 2.21. The van der Waals surface area contributed by atoms with Crippen molar-refractivity contribution in [3.63, 3.8) is 0 Å². The zero-order valence-corrected chi connectivity index (χ0v) is 14.4. The molecular formula is C18H31NO3. The van der Waals surface area contributed by atoms with Crippen LogP contribution in [0, 0.1) is 0 Å². The maximum absolute atomic E-state index is 11.2. The maximum Gasteiger partial charge on any atom is 0.253 e. The Bertz CT molecular complexity index is 353. The lowest BCUT2D eigenvalue weighted by Gasteiger charge is -2.12. The van der Waals surface area contributed by atoms with Gasteiger partial charge in [-0.25, -0.2) is 0 Å². The summed E-state index contributed by atoms with van der Waals surface area (Å²) in [4.78, 5) is 34.3. The zero-order chi connectivity index (χ0) is 16.8. The van der Waals surface area contributed by atoms with Crippen molar-refractivity contribution in [3.05, 3.63) is 12.2 Å². The summed E-state index contributed by atoms with van der Waals surface area (Å²) in [6, 6.07) is 0. The van der Waals surface area contributed by atoms with E-state index in [0.29, 0.717) is 13.0 Å². The minimum Gasteiger partial charge on any atom is -0.300 e. The number of carbonyl (C=O) groups is 3. The highest BCUT2D eigenvalue weighted by atomic mass is 16.2. The van der Waals surface area contributed by atoms with E-state index in [1.54, 1.807) is 6.92 Å². The lowest BCUT2D eigenvalue weighted by atomic mass is 10.1. The van der Waals surface area contributed by atoms with E-state index >= 15 is 0 Å². The van der Waals surface area contributed by atoms with E-state index in [-0.39, 0.29) is 17.6 Å². The number of hydrogen-bond acceptors (Lipinski definition) is 3. The molecule has 0 bridgehead atoms. The molecule has 0 aromatic heterocycles. The van der Waals surface area contributed by atoms with E-state index < -0.39 is 0 Å².